The van der Waals surface area contributed by atoms with E-state index in [1.165, 1.54) is 0 Å². The second-order valence-electron chi connectivity index (χ2n) is 4.64. The number of hydrogen-bond donors (Lipinski definition) is 2. The Morgan fingerprint density at radius 1 is 1.40 bits per heavy atom. The van der Waals surface area contributed by atoms with Crippen LogP contribution < -0.4 is 11.1 Å². The second-order valence-corrected chi connectivity index (χ2v) is 4.64. The number of para-hydroxylation sites is 1. The molecule has 5 heteroatoms. The predicted molar refractivity (Wildman–Crippen MR) is 78.2 cm³/mol. The lowest BCUT2D eigenvalue weighted by molar-refractivity contribution is -0.124. The number of nitrogens with zero attached hydrogens (tertiary/aromatic N) is 2. The highest BCUT2D eigenvalue weighted by atomic mass is 16.1. The molecule has 0 saturated heterocycles. The smallest absolute Gasteiger partial charge is 0.224 e. The van der Waals surface area contributed by atoms with Crippen molar-refractivity contribution in [3.63, 3.8) is 0 Å². The van der Waals surface area contributed by atoms with Crippen molar-refractivity contribution in [3.05, 3.63) is 48.3 Å². The highest BCUT2D eigenvalue weighted by Gasteiger charge is 2.14. The molecule has 0 aliphatic heterocycles. The number of carbonyl (C=O) groups excluding carboxylic acids is 1. The van der Waals surface area contributed by atoms with E-state index in [0.29, 0.717) is 13.1 Å². The lowest BCUT2D eigenvalue weighted by Crippen LogP contribution is -2.34. The lowest BCUT2D eigenvalue weighted by Gasteiger charge is -2.14. The number of aromatic nitrogens is 2. The van der Waals surface area contributed by atoms with Gasteiger partial charge >= 0.3 is 0 Å². The van der Waals surface area contributed by atoms with E-state index in [9.17, 15) is 4.79 Å². The molecule has 0 bridgehead atoms. The van der Waals surface area contributed by atoms with Gasteiger partial charge in [0.2, 0.25) is 5.91 Å². The molecule has 0 saturated carbocycles. The largest absolute Gasteiger partial charge is 0.352 e. The fourth-order valence-electron chi connectivity index (χ4n) is 2.08. The van der Waals surface area contributed by atoms with Crippen LogP contribution in [-0.2, 0) is 11.3 Å². The van der Waals surface area contributed by atoms with Crippen molar-refractivity contribution in [2.24, 2.45) is 11.7 Å². The summed E-state index contributed by atoms with van der Waals surface area (Å²) in [7, 11) is 0. The van der Waals surface area contributed by atoms with Crippen molar-refractivity contribution in [1.29, 1.82) is 0 Å². The molecule has 1 heterocycles. The van der Waals surface area contributed by atoms with Gasteiger partial charge in [0.05, 0.1) is 5.69 Å². The molecule has 3 N–H and O–H groups in total. The van der Waals surface area contributed by atoms with Gasteiger partial charge in [0.25, 0.3) is 0 Å². The van der Waals surface area contributed by atoms with E-state index in [1.807, 2.05) is 43.5 Å². The monoisotopic (exact) mass is 272 g/mol. The third-order valence-electron chi connectivity index (χ3n) is 3.34. The number of amides is 1. The molecule has 0 aliphatic carbocycles. The number of rotatable bonds is 6. The summed E-state index contributed by atoms with van der Waals surface area (Å²) in [6.07, 6.45) is 4.37. The standard InChI is InChI=1S/C15H20N4O/c1-2-12(10-16)15(20)17-11-13-6-3-4-7-14(13)19-9-5-8-18-19/h3-9,12H,2,10-11,16H2,1H3,(H,17,20). The maximum absolute atomic E-state index is 12.0. The van der Waals surface area contributed by atoms with Gasteiger partial charge in [-0.25, -0.2) is 4.68 Å². The molecule has 1 unspecified atom stereocenters. The molecule has 106 valence electrons. The molecule has 0 radical (unpaired) electrons. The summed E-state index contributed by atoms with van der Waals surface area (Å²) in [6, 6.07) is 9.75. The van der Waals surface area contributed by atoms with Gasteiger partial charge in [0.1, 0.15) is 0 Å². The first-order valence-corrected chi connectivity index (χ1v) is 6.82. The molecule has 1 atom stereocenters. The Kier molecular flexibility index (Phi) is 4.90. The maximum Gasteiger partial charge on any atom is 0.224 e. The second kappa shape index (κ2) is 6.86. The average molecular weight is 272 g/mol. The average Bonchev–Trinajstić information content (AvgIpc) is 3.01. The number of hydrogen-bond acceptors (Lipinski definition) is 3. The van der Waals surface area contributed by atoms with Crippen molar-refractivity contribution < 1.29 is 4.79 Å². The van der Waals surface area contributed by atoms with Gasteiger partial charge in [-0.15, -0.1) is 0 Å². The molecule has 1 aromatic carbocycles. The van der Waals surface area contributed by atoms with E-state index in [-0.39, 0.29) is 11.8 Å². The molecule has 5 nitrogen and oxygen atoms in total. The number of nitrogens with one attached hydrogen (secondary N) is 1. The Hall–Kier alpha value is -2.14. The van der Waals surface area contributed by atoms with Gasteiger partial charge < -0.3 is 11.1 Å². The third kappa shape index (κ3) is 3.24. The molecular weight excluding hydrogens is 252 g/mol. The fraction of sp³-hybridized carbons (Fsp3) is 0.333. The Morgan fingerprint density at radius 3 is 2.85 bits per heavy atom. The Labute approximate surface area is 118 Å². The van der Waals surface area contributed by atoms with Crippen molar-refractivity contribution in [2.45, 2.75) is 19.9 Å². The zero-order chi connectivity index (χ0) is 14.4. The zero-order valence-electron chi connectivity index (χ0n) is 11.6. The summed E-state index contributed by atoms with van der Waals surface area (Å²) in [5.74, 6) is -0.114. The minimum Gasteiger partial charge on any atom is -0.352 e. The minimum atomic E-state index is -0.119. The van der Waals surface area contributed by atoms with Crippen LogP contribution in [0.5, 0.6) is 0 Å². The predicted octanol–water partition coefficient (Wildman–Crippen LogP) is 1.47. The number of nitrogens with two attached hydrogens (primary N) is 1. The molecule has 0 spiro atoms. The summed E-state index contributed by atoms with van der Waals surface area (Å²) < 4.78 is 1.79. The molecule has 20 heavy (non-hydrogen) atoms. The highest BCUT2D eigenvalue weighted by Crippen LogP contribution is 2.13. The van der Waals surface area contributed by atoms with Crippen LogP contribution >= 0.6 is 0 Å². The SMILES string of the molecule is CCC(CN)C(=O)NCc1ccccc1-n1cccn1. The van der Waals surface area contributed by atoms with Crippen LogP contribution in [0.25, 0.3) is 5.69 Å². The normalized spacial score (nSPS) is 12.1. The first-order valence-electron chi connectivity index (χ1n) is 6.82. The van der Waals surface area contributed by atoms with E-state index < -0.39 is 0 Å². The van der Waals surface area contributed by atoms with Gasteiger partial charge in [-0.05, 0) is 24.1 Å². The lowest BCUT2D eigenvalue weighted by atomic mass is 10.1. The molecule has 1 amide bonds. The first-order chi connectivity index (χ1) is 9.76. The summed E-state index contributed by atoms with van der Waals surface area (Å²) >= 11 is 0. The van der Waals surface area contributed by atoms with Crippen molar-refractivity contribution in [2.75, 3.05) is 6.54 Å². The van der Waals surface area contributed by atoms with E-state index in [0.717, 1.165) is 17.7 Å². The summed E-state index contributed by atoms with van der Waals surface area (Å²) in [5.41, 5.74) is 7.58. The number of benzene rings is 1. The third-order valence-corrected chi connectivity index (χ3v) is 3.34. The quantitative estimate of drug-likeness (QED) is 0.836. The Bertz CT molecular complexity index is 547. The van der Waals surface area contributed by atoms with Crippen molar-refractivity contribution >= 4 is 5.91 Å². The van der Waals surface area contributed by atoms with Crippen LogP contribution in [0, 0.1) is 5.92 Å². The van der Waals surface area contributed by atoms with E-state index in [4.69, 9.17) is 5.73 Å². The van der Waals surface area contributed by atoms with Crippen LogP contribution in [0.1, 0.15) is 18.9 Å². The highest BCUT2D eigenvalue weighted by molar-refractivity contribution is 5.78. The van der Waals surface area contributed by atoms with Crippen molar-refractivity contribution in [3.8, 4) is 5.69 Å². The van der Waals surface area contributed by atoms with Crippen LogP contribution in [0.4, 0.5) is 0 Å². The summed E-state index contributed by atoms with van der Waals surface area (Å²) in [5, 5.41) is 7.17. The molecule has 0 aliphatic rings. The topological polar surface area (TPSA) is 72.9 Å². The summed E-state index contributed by atoms with van der Waals surface area (Å²) in [6.45, 7) is 2.82. The van der Waals surface area contributed by atoms with Crippen LogP contribution in [0.15, 0.2) is 42.7 Å². The molecular formula is C15H20N4O. The zero-order valence-corrected chi connectivity index (χ0v) is 11.6. The fourth-order valence-corrected chi connectivity index (χ4v) is 2.08. The van der Waals surface area contributed by atoms with Crippen LogP contribution in [0.3, 0.4) is 0 Å². The van der Waals surface area contributed by atoms with Gasteiger partial charge in [0.15, 0.2) is 0 Å². The number of carbonyl (C=O) groups is 1. The molecule has 1 aromatic heterocycles. The van der Waals surface area contributed by atoms with E-state index >= 15 is 0 Å². The van der Waals surface area contributed by atoms with Crippen LogP contribution in [-0.4, -0.2) is 22.2 Å². The summed E-state index contributed by atoms with van der Waals surface area (Å²) in [4.78, 5) is 12.0. The van der Waals surface area contributed by atoms with E-state index in [1.54, 1.807) is 10.9 Å². The van der Waals surface area contributed by atoms with Gasteiger partial charge in [-0.2, -0.15) is 5.10 Å². The Morgan fingerprint density at radius 2 is 2.20 bits per heavy atom. The van der Waals surface area contributed by atoms with Crippen LogP contribution in [0.2, 0.25) is 0 Å². The van der Waals surface area contributed by atoms with Gasteiger partial charge in [-0.3, -0.25) is 4.79 Å². The van der Waals surface area contributed by atoms with Crippen molar-refractivity contribution in [1.82, 2.24) is 15.1 Å². The minimum absolute atomic E-state index is 0.00488. The first kappa shape index (κ1) is 14.3. The molecule has 2 rings (SSSR count). The molecule has 0 fully saturated rings. The van der Waals surface area contributed by atoms with Gasteiger partial charge in [0, 0.05) is 31.4 Å². The molecule has 2 aromatic rings. The van der Waals surface area contributed by atoms with E-state index in [2.05, 4.69) is 10.4 Å². The maximum atomic E-state index is 12.0. The van der Waals surface area contributed by atoms with Gasteiger partial charge in [-0.1, -0.05) is 25.1 Å². The Balaban J connectivity index is 2.09.